The van der Waals surface area contributed by atoms with Crippen LogP contribution in [0.1, 0.15) is 35.6 Å². The fraction of sp³-hybridized carbons (Fsp3) is 0.400. The molecule has 0 aliphatic carbocycles. The van der Waals surface area contributed by atoms with Crippen LogP contribution in [-0.2, 0) is 19.0 Å². The van der Waals surface area contributed by atoms with Crippen LogP contribution in [0, 0.1) is 12.7 Å². The molecule has 1 unspecified atom stereocenters. The molecule has 0 spiro atoms. The third-order valence-electron chi connectivity index (χ3n) is 4.15. The van der Waals surface area contributed by atoms with Gasteiger partial charge in [-0.3, -0.25) is 0 Å². The lowest BCUT2D eigenvalue weighted by Gasteiger charge is -2.14. The average Bonchev–Trinajstić information content (AvgIpc) is 2.55. The summed E-state index contributed by atoms with van der Waals surface area (Å²) in [5.74, 6) is -0.203. The standard InChI is InChI=1S/C20H23F4N/c1-14-11-17(8-9-19(14)21)12-15(2)25-10-4-6-16-5-3-7-18(13-16)20(22,23)24/h3,5,7-9,11,13,15,25H,4,6,10,12H2,1-2H3. The first-order chi connectivity index (χ1) is 11.8. The van der Waals surface area contributed by atoms with Crippen LogP contribution in [0.25, 0.3) is 0 Å². The first kappa shape index (κ1) is 19.4. The van der Waals surface area contributed by atoms with Crippen LogP contribution in [0.3, 0.4) is 0 Å². The number of alkyl halides is 3. The van der Waals surface area contributed by atoms with Crippen molar-refractivity contribution in [2.75, 3.05) is 6.54 Å². The second-order valence-corrected chi connectivity index (χ2v) is 6.44. The molecule has 1 atom stereocenters. The van der Waals surface area contributed by atoms with Crippen LogP contribution in [0.4, 0.5) is 17.6 Å². The smallest absolute Gasteiger partial charge is 0.314 e. The quantitative estimate of drug-likeness (QED) is 0.526. The Balaban J connectivity index is 1.76. The Bertz CT molecular complexity index is 694. The molecule has 2 aromatic rings. The van der Waals surface area contributed by atoms with E-state index in [0.717, 1.165) is 31.0 Å². The van der Waals surface area contributed by atoms with Crippen LogP contribution in [0.15, 0.2) is 42.5 Å². The summed E-state index contributed by atoms with van der Waals surface area (Å²) in [6, 6.07) is 10.8. The third-order valence-corrected chi connectivity index (χ3v) is 4.15. The number of aryl methyl sites for hydroxylation is 2. The Morgan fingerprint density at radius 1 is 1.04 bits per heavy atom. The topological polar surface area (TPSA) is 12.0 Å². The van der Waals surface area contributed by atoms with E-state index in [4.69, 9.17) is 0 Å². The molecule has 25 heavy (non-hydrogen) atoms. The molecular formula is C20H23F4N. The lowest BCUT2D eigenvalue weighted by molar-refractivity contribution is -0.137. The van der Waals surface area contributed by atoms with Crippen molar-refractivity contribution in [3.63, 3.8) is 0 Å². The van der Waals surface area contributed by atoms with Gasteiger partial charge in [0.2, 0.25) is 0 Å². The van der Waals surface area contributed by atoms with Crippen LogP contribution < -0.4 is 5.32 Å². The molecule has 0 saturated heterocycles. The zero-order valence-corrected chi connectivity index (χ0v) is 14.5. The Hall–Kier alpha value is -1.88. The van der Waals surface area contributed by atoms with Crippen molar-refractivity contribution in [2.45, 2.75) is 45.3 Å². The number of rotatable bonds is 7. The largest absolute Gasteiger partial charge is 0.416 e. The van der Waals surface area contributed by atoms with Gasteiger partial charge >= 0.3 is 6.18 Å². The van der Waals surface area contributed by atoms with Gasteiger partial charge in [0.15, 0.2) is 0 Å². The Kier molecular flexibility index (Phi) is 6.59. The van der Waals surface area contributed by atoms with Gasteiger partial charge in [0.25, 0.3) is 0 Å². The van der Waals surface area contributed by atoms with Gasteiger partial charge in [-0.1, -0.05) is 30.3 Å². The summed E-state index contributed by atoms with van der Waals surface area (Å²) in [5, 5.41) is 3.36. The Labute approximate surface area is 146 Å². The minimum Gasteiger partial charge on any atom is -0.314 e. The monoisotopic (exact) mass is 353 g/mol. The Morgan fingerprint density at radius 2 is 1.80 bits per heavy atom. The summed E-state index contributed by atoms with van der Waals surface area (Å²) in [6.45, 7) is 4.51. The van der Waals surface area contributed by atoms with Crippen molar-refractivity contribution in [3.05, 3.63) is 70.5 Å². The first-order valence-corrected chi connectivity index (χ1v) is 8.40. The van der Waals surface area contributed by atoms with Gasteiger partial charge < -0.3 is 5.32 Å². The molecule has 0 fully saturated rings. The van der Waals surface area contributed by atoms with Crippen LogP contribution >= 0.6 is 0 Å². The van der Waals surface area contributed by atoms with E-state index < -0.39 is 11.7 Å². The van der Waals surface area contributed by atoms with Gasteiger partial charge in [-0.25, -0.2) is 4.39 Å². The molecule has 2 aromatic carbocycles. The lowest BCUT2D eigenvalue weighted by Crippen LogP contribution is -2.29. The van der Waals surface area contributed by atoms with E-state index in [2.05, 4.69) is 5.32 Å². The minimum atomic E-state index is -4.30. The summed E-state index contributed by atoms with van der Waals surface area (Å²) in [6.07, 6.45) is -2.16. The molecule has 0 heterocycles. The van der Waals surface area contributed by atoms with Gasteiger partial charge in [-0.05, 0) is 68.5 Å². The van der Waals surface area contributed by atoms with Crippen molar-refractivity contribution >= 4 is 0 Å². The van der Waals surface area contributed by atoms with Crippen LogP contribution in [0.5, 0.6) is 0 Å². The van der Waals surface area contributed by atoms with Crippen LogP contribution in [-0.4, -0.2) is 12.6 Å². The van der Waals surface area contributed by atoms with Crippen molar-refractivity contribution < 1.29 is 17.6 Å². The predicted molar refractivity (Wildman–Crippen MR) is 92.1 cm³/mol. The zero-order chi connectivity index (χ0) is 18.4. The van der Waals surface area contributed by atoms with Gasteiger partial charge in [-0.2, -0.15) is 13.2 Å². The summed E-state index contributed by atoms with van der Waals surface area (Å²) >= 11 is 0. The molecule has 5 heteroatoms. The molecule has 0 aliphatic heterocycles. The molecule has 2 rings (SSSR count). The second kappa shape index (κ2) is 8.48. The normalized spacial score (nSPS) is 13.0. The first-order valence-electron chi connectivity index (χ1n) is 8.40. The van der Waals surface area contributed by atoms with E-state index in [1.165, 1.54) is 18.2 Å². The van der Waals surface area contributed by atoms with Crippen molar-refractivity contribution in [3.8, 4) is 0 Å². The van der Waals surface area contributed by atoms with E-state index in [-0.39, 0.29) is 11.9 Å². The van der Waals surface area contributed by atoms with E-state index >= 15 is 0 Å². The fourth-order valence-corrected chi connectivity index (χ4v) is 2.80. The molecule has 0 aliphatic rings. The number of hydrogen-bond donors (Lipinski definition) is 1. The highest BCUT2D eigenvalue weighted by Gasteiger charge is 2.30. The van der Waals surface area contributed by atoms with Gasteiger partial charge in [0.05, 0.1) is 5.56 Å². The molecule has 1 N–H and O–H groups in total. The van der Waals surface area contributed by atoms with Crippen LogP contribution in [0.2, 0.25) is 0 Å². The highest BCUT2D eigenvalue weighted by atomic mass is 19.4. The Morgan fingerprint density at radius 3 is 2.48 bits per heavy atom. The molecule has 0 aromatic heterocycles. The highest BCUT2D eigenvalue weighted by molar-refractivity contribution is 5.26. The predicted octanol–water partition coefficient (Wildman–Crippen LogP) is 5.31. The molecule has 0 amide bonds. The molecule has 0 bridgehead atoms. The van der Waals surface area contributed by atoms with E-state index in [1.807, 2.05) is 13.0 Å². The summed E-state index contributed by atoms with van der Waals surface area (Å²) in [4.78, 5) is 0. The summed E-state index contributed by atoms with van der Waals surface area (Å²) in [5.41, 5.74) is 1.79. The minimum absolute atomic E-state index is 0.203. The van der Waals surface area contributed by atoms with Crippen molar-refractivity contribution in [2.24, 2.45) is 0 Å². The van der Waals surface area contributed by atoms with E-state index in [0.29, 0.717) is 17.5 Å². The molecular weight excluding hydrogens is 330 g/mol. The fourth-order valence-electron chi connectivity index (χ4n) is 2.80. The summed E-state index contributed by atoms with van der Waals surface area (Å²) in [7, 11) is 0. The SMILES string of the molecule is Cc1cc(CC(C)NCCCc2cccc(C(F)(F)F)c2)ccc1F. The third kappa shape index (κ3) is 6.16. The lowest BCUT2D eigenvalue weighted by atomic mass is 10.0. The highest BCUT2D eigenvalue weighted by Crippen LogP contribution is 2.29. The molecule has 136 valence electrons. The van der Waals surface area contributed by atoms with E-state index in [9.17, 15) is 17.6 Å². The van der Waals surface area contributed by atoms with E-state index in [1.54, 1.807) is 19.1 Å². The second-order valence-electron chi connectivity index (χ2n) is 6.44. The average molecular weight is 353 g/mol. The maximum absolute atomic E-state index is 13.3. The maximum atomic E-state index is 13.3. The number of halogens is 4. The van der Waals surface area contributed by atoms with Gasteiger partial charge in [0, 0.05) is 6.04 Å². The molecule has 0 radical (unpaired) electrons. The number of hydrogen-bond acceptors (Lipinski definition) is 1. The molecule has 0 saturated carbocycles. The maximum Gasteiger partial charge on any atom is 0.416 e. The van der Waals surface area contributed by atoms with Gasteiger partial charge in [0.1, 0.15) is 5.82 Å². The van der Waals surface area contributed by atoms with Crippen molar-refractivity contribution in [1.82, 2.24) is 5.32 Å². The molecule has 1 nitrogen and oxygen atoms in total. The number of nitrogens with one attached hydrogen (secondary N) is 1. The zero-order valence-electron chi connectivity index (χ0n) is 14.5. The summed E-state index contributed by atoms with van der Waals surface area (Å²) < 4.78 is 51.3. The van der Waals surface area contributed by atoms with Gasteiger partial charge in [-0.15, -0.1) is 0 Å². The van der Waals surface area contributed by atoms with Crippen molar-refractivity contribution in [1.29, 1.82) is 0 Å². The number of benzene rings is 2.